The molecule has 1 aliphatic heterocycles. The Morgan fingerprint density at radius 2 is 1.71 bits per heavy atom. The highest BCUT2D eigenvalue weighted by atomic mass is 32.2. The van der Waals surface area contributed by atoms with Crippen molar-refractivity contribution in [3.63, 3.8) is 0 Å². The number of nitrogens with zero attached hydrogens (tertiary/aromatic N) is 1. The summed E-state index contributed by atoms with van der Waals surface area (Å²) in [4.78, 5) is 15.7. The number of nitrogens with one attached hydrogen (secondary N) is 1. The monoisotopic (exact) mass is 396 g/mol. The highest BCUT2D eigenvalue weighted by molar-refractivity contribution is 7.89. The Kier molecular flexibility index (Phi) is 5.08. The molecule has 0 spiro atoms. The third kappa shape index (κ3) is 3.62. The summed E-state index contributed by atoms with van der Waals surface area (Å²) in [6, 6.07) is 18.1. The topological polar surface area (TPSA) is 70.2 Å². The van der Waals surface area contributed by atoms with Crippen LogP contribution < -0.4 is 5.56 Å². The average Bonchev–Trinajstić information content (AvgIpc) is 2.73. The molecule has 0 atom stereocenters. The van der Waals surface area contributed by atoms with Crippen LogP contribution in [0, 0.1) is 0 Å². The number of aromatic amines is 1. The van der Waals surface area contributed by atoms with E-state index in [1.165, 1.54) is 5.39 Å². The molecule has 28 heavy (non-hydrogen) atoms. The van der Waals surface area contributed by atoms with Gasteiger partial charge in [0, 0.05) is 24.3 Å². The van der Waals surface area contributed by atoms with E-state index < -0.39 is 10.0 Å². The van der Waals surface area contributed by atoms with Gasteiger partial charge >= 0.3 is 0 Å². The number of pyridine rings is 1. The number of benzene rings is 2. The second kappa shape index (κ2) is 7.53. The van der Waals surface area contributed by atoms with Crippen molar-refractivity contribution in [3.8, 4) is 11.3 Å². The largest absolute Gasteiger partial charge is 0.322 e. The maximum absolute atomic E-state index is 12.7. The number of sulfonamides is 1. The predicted octanol–water partition coefficient (Wildman–Crippen LogP) is 3.72. The van der Waals surface area contributed by atoms with Crippen LogP contribution in [0.15, 0.2) is 59.4 Å². The van der Waals surface area contributed by atoms with E-state index in [4.69, 9.17) is 0 Å². The summed E-state index contributed by atoms with van der Waals surface area (Å²) in [6.45, 7) is 2.62. The first kappa shape index (κ1) is 18.9. The summed E-state index contributed by atoms with van der Waals surface area (Å²) < 4.78 is 25.6. The number of piperidine rings is 1. The molecule has 2 heterocycles. The van der Waals surface area contributed by atoms with Crippen LogP contribution in [0.1, 0.15) is 31.2 Å². The second-order valence-corrected chi connectivity index (χ2v) is 9.55. The van der Waals surface area contributed by atoms with E-state index in [-0.39, 0.29) is 17.2 Å². The van der Waals surface area contributed by atoms with Crippen molar-refractivity contribution in [2.45, 2.75) is 25.7 Å². The van der Waals surface area contributed by atoms with Crippen LogP contribution in [0.25, 0.3) is 22.0 Å². The number of rotatable bonds is 4. The summed E-state index contributed by atoms with van der Waals surface area (Å²) in [5.74, 6) is 0.219. The van der Waals surface area contributed by atoms with Gasteiger partial charge in [0.25, 0.3) is 5.56 Å². The fourth-order valence-corrected chi connectivity index (χ4v) is 5.09. The van der Waals surface area contributed by atoms with Crippen molar-refractivity contribution in [2.75, 3.05) is 18.8 Å². The lowest BCUT2D eigenvalue weighted by Gasteiger charge is -2.30. The van der Waals surface area contributed by atoms with Crippen molar-refractivity contribution in [1.82, 2.24) is 9.29 Å². The van der Waals surface area contributed by atoms with E-state index in [1.54, 1.807) is 11.2 Å². The van der Waals surface area contributed by atoms with Crippen LogP contribution >= 0.6 is 0 Å². The molecule has 2 aromatic carbocycles. The van der Waals surface area contributed by atoms with Crippen molar-refractivity contribution < 1.29 is 8.42 Å². The minimum Gasteiger partial charge on any atom is -0.322 e. The summed E-state index contributed by atoms with van der Waals surface area (Å²) in [5, 5.41) is 2.30. The maximum Gasteiger partial charge on any atom is 0.251 e. The van der Waals surface area contributed by atoms with Gasteiger partial charge in [-0.25, -0.2) is 12.7 Å². The van der Waals surface area contributed by atoms with Gasteiger partial charge in [0.05, 0.1) is 5.75 Å². The number of aromatic nitrogens is 1. The molecule has 0 amide bonds. The Morgan fingerprint density at radius 1 is 1.00 bits per heavy atom. The van der Waals surface area contributed by atoms with Gasteiger partial charge in [0.15, 0.2) is 0 Å². The fraction of sp³-hybridized carbons (Fsp3) is 0.318. The van der Waals surface area contributed by atoms with Crippen LogP contribution in [0.3, 0.4) is 0 Å². The molecule has 5 nitrogen and oxygen atoms in total. The fourth-order valence-electron chi connectivity index (χ4n) is 3.96. The summed E-state index contributed by atoms with van der Waals surface area (Å²) in [6.07, 6.45) is 1.36. The molecule has 1 aliphatic rings. The number of H-pyrrole nitrogens is 1. The maximum atomic E-state index is 12.7. The van der Waals surface area contributed by atoms with Crippen LogP contribution in [0.2, 0.25) is 0 Å². The molecule has 0 aliphatic carbocycles. The van der Waals surface area contributed by atoms with Crippen LogP contribution in [0.4, 0.5) is 0 Å². The molecule has 1 fully saturated rings. The van der Waals surface area contributed by atoms with Crippen LogP contribution in [-0.2, 0) is 10.0 Å². The zero-order valence-electron chi connectivity index (χ0n) is 15.9. The molecule has 0 bridgehead atoms. The first-order chi connectivity index (χ1) is 13.5. The SMILES string of the molecule is CCS(=O)(=O)N1CCC(c2ccc(-c3ccc4ccccc4c3)[nH]c2=O)CC1. The van der Waals surface area contributed by atoms with Gasteiger partial charge in [0.2, 0.25) is 10.0 Å². The van der Waals surface area contributed by atoms with E-state index in [2.05, 4.69) is 29.2 Å². The molecule has 6 heteroatoms. The molecule has 4 rings (SSSR count). The lowest BCUT2D eigenvalue weighted by molar-refractivity contribution is 0.319. The minimum absolute atomic E-state index is 0.0811. The summed E-state index contributed by atoms with van der Waals surface area (Å²) >= 11 is 0. The van der Waals surface area contributed by atoms with Crippen LogP contribution in [-0.4, -0.2) is 36.5 Å². The Hall–Kier alpha value is -2.44. The average molecular weight is 397 g/mol. The Balaban J connectivity index is 1.56. The van der Waals surface area contributed by atoms with Gasteiger partial charge in [0.1, 0.15) is 0 Å². The first-order valence-electron chi connectivity index (χ1n) is 9.68. The zero-order chi connectivity index (χ0) is 19.7. The molecule has 0 unspecified atom stereocenters. The quantitative estimate of drug-likeness (QED) is 0.731. The van der Waals surface area contributed by atoms with Gasteiger partial charge in [-0.1, -0.05) is 42.5 Å². The van der Waals surface area contributed by atoms with Gasteiger partial charge in [-0.15, -0.1) is 0 Å². The van der Waals surface area contributed by atoms with Crippen molar-refractivity contribution >= 4 is 20.8 Å². The highest BCUT2D eigenvalue weighted by Gasteiger charge is 2.28. The first-order valence-corrected chi connectivity index (χ1v) is 11.3. The summed E-state index contributed by atoms with van der Waals surface area (Å²) in [7, 11) is -3.15. The highest BCUT2D eigenvalue weighted by Crippen LogP contribution is 2.28. The summed E-state index contributed by atoms with van der Waals surface area (Å²) in [5.41, 5.74) is 2.44. The lowest BCUT2D eigenvalue weighted by Crippen LogP contribution is -2.39. The Bertz CT molecular complexity index is 1160. The normalized spacial score (nSPS) is 16.5. The molecule has 1 N–H and O–H groups in total. The van der Waals surface area contributed by atoms with Crippen LogP contribution in [0.5, 0.6) is 0 Å². The van der Waals surface area contributed by atoms with Gasteiger partial charge < -0.3 is 4.98 Å². The lowest BCUT2D eigenvalue weighted by atomic mass is 9.91. The standard InChI is InChI=1S/C22H24N2O3S/c1-2-28(26,27)24-13-11-17(12-14-24)20-9-10-21(23-22(20)25)19-8-7-16-5-3-4-6-18(16)15-19/h3-10,15,17H,2,11-14H2,1H3,(H,23,25). The van der Waals surface area contributed by atoms with E-state index >= 15 is 0 Å². The van der Waals surface area contributed by atoms with E-state index in [0.29, 0.717) is 25.9 Å². The molecule has 1 saturated heterocycles. The van der Waals surface area contributed by atoms with Gasteiger partial charge in [-0.05, 0) is 54.2 Å². The Labute approximate surface area is 165 Å². The smallest absolute Gasteiger partial charge is 0.251 e. The van der Waals surface area contributed by atoms with E-state index in [0.717, 1.165) is 22.2 Å². The predicted molar refractivity (Wildman–Crippen MR) is 113 cm³/mol. The minimum atomic E-state index is -3.15. The molecule has 1 aromatic heterocycles. The third-order valence-electron chi connectivity index (χ3n) is 5.65. The molecular formula is C22H24N2O3S. The number of hydrogen-bond acceptors (Lipinski definition) is 3. The van der Waals surface area contributed by atoms with Crippen molar-refractivity contribution in [2.24, 2.45) is 0 Å². The Morgan fingerprint density at radius 3 is 2.39 bits per heavy atom. The number of fused-ring (bicyclic) bond motifs is 1. The number of hydrogen-bond donors (Lipinski definition) is 1. The van der Waals surface area contributed by atoms with Gasteiger partial charge in [-0.3, -0.25) is 4.79 Å². The van der Waals surface area contributed by atoms with Crippen molar-refractivity contribution in [1.29, 1.82) is 0 Å². The second-order valence-electron chi connectivity index (χ2n) is 7.29. The van der Waals surface area contributed by atoms with E-state index in [1.807, 2.05) is 30.3 Å². The molecule has 0 radical (unpaired) electrons. The third-order valence-corrected chi connectivity index (χ3v) is 7.53. The van der Waals surface area contributed by atoms with E-state index in [9.17, 15) is 13.2 Å². The molecular weight excluding hydrogens is 372 g/mol. The molecule has 0 saturated carbocycles. The van der Waals surface area contributed by atoms with Gasteiger partial charge in [-0.2, -0.15) is 0 Å². The molecule has 3 aromatic rings. The molecule has 146 valence electrons. The zero-order valence-corrected chi connectivity index (χ0v) is 16.7. The van der Waals surface area contributed by atoms with Crippen molar-refractivity contribution in [3.05, 3.63) is 70.5 Å².